The highest BCUT2D eigenvalue weighted by Gasteiger charge is 2.14. The Kier molecular flexibility index (Phi) is 3.15. The SMILES string of the molecule is N#Cc1cc(C(=O)CCl)c(F)cc1F. The molecule has 0 aliphatic heterocycles. The van der Waals surface area contributed by atoms with Gasteiger partial charge in [-0.2, -0.15) is 5.26 Å². The van der Waals surface area contributed by atoms with Crippen LogP contribution in [-0.2, 0) is 0 Å². The minimum Gasteiger partial charge on any atom is -0.293 e. The molecule has 0 unspecified atom stereocenters. The van der Waals surface area contributed by atoms with E-state index >= 15 is 0 Å². The van der Waals surface area contributed by atoms with Crippen molar-refractivity contribution < 1.29 is 13.6 Å². The zero-order valence-corrected chi connectivity index (χ0v) is 7.61. The Morgan fingerprint density at radius 2 is 2.07 bits per heavy atom. The zero-order valence-electron chi connectivity index (χ0n) is 6.85. The lowest BCUT2D eigenvalue weighted by Gasteiger charge is -2.00. The standard InChI is InChI=1S/C9H4ClF2NO/c10-3-9(14)6-1-5(4-13)7(11)2-8(6)12/h1-2H,3H2. The first-order valence-electron chi connectivity index (χ1n) is 3.58. The summed E-state index contributed by atoms with van der Waals surface area (Å²) in [7, 11) is 0. The largest absolute Gasteiger partial charge is 0.293 e. The Morgan fingerprint density at radius 1 is 1.43 bits per heavy atom. The Balaban J connectivity index is 3.33. The fourth-order valence-electron chi connectivity index (χ4n) is 0.920. The number of Topliss-reactive ketones (excluding diaryl/α,β-unsaturated/α-hetero) is 1. The Hall–Kier alpha value is -1.47. The molecule has 0 amide bonds. The average Bonchev–Trinajstić information content (AvgIpc) is 2.17. The molecule has 2 nitrogen and oxygen atoms in total. The van der Waals surface area contributed by atoms with Crippen LogP contribution in [0.1, 0.15) is 15.9 Å². The van der Waals surface area contributed by atoms with E-state index in [1.165, 1.54) is 6.07 Å². The predicted octanol–water partition coefficient (Wildman–Crippen LogP) is 2.26. The molecule has 14 heavy (non-hydrogen) atoms. The van der Waals surface area contributed by atoms with E-state index < -0.39 is 23.3 Å². The summed E-state index contributed by atoms with van der Waals surface area (Å²) in [6, 6.07) is 2.86. The number of benzene rings is 1. The molecule has 0 bridgehead atoms. The highest BCUT2D eigenvalue weighted by Crippen LogP contribution is 2.15. The first-order chi connectivity index (χ1) is 6.60. The van der Waals surface area contributed by atoms with Crippen LogP contribution in [0.4, 0.5) is 8.78 Å². The van der Waals surface area contributed by atoms with E-state index in [-0.39, 0.29) is 11.1 Å². The molecule has 0 fully saturated rings. The normalized spacial score (nSPS) is 9.57. The molecule has 72 valence electrons. The van der Waals surface area contributed by atoms with Gasteiger partial charge in [0.2, 0.25) is 0 Å². The second-order valence-electron chi connectivity index (χ2n) is 2.48. The van der Waals surface area contributed by atoms with Gasteiger partial charge in [0, 0.05) is 6.07 Å². The van der Waals surface area contributed by atoms with Crippen LogP contribution in [0.3, 0.4) is 0 Å². The Morgan fingerprint density at radius 3 is 2.57 bits per heavy atom. The third kappa shape index (κ3) is 1.88. The fraction of sp³-hybridized carbons (Fsp3) is 0.111. The summed E-state index contributed by atoms with van der Waals surface area (Å²) in [6.07, 6.45) is 0. The van der Waals surface area contributed by atoms with Gasteiger partial charge >= 0.3 is 0 Å². The number of carbonyl (C=O) groups is 1. The monoisotopic (exact) mass is 215 g/mol. The van der Waals surface area contributed by atoms with Crippen LogP contribution in [0.5, 0.6) is 0 Å². The van der Waals surface area contributed by atoms with Gasteiger partial charge in [0.25, 0.3) is 0 Å². The van der Waals surface area contributed by atoms with Crippen molar-refractivity contribution in [3.63, 3.8) is 0 Å². The van der Waals surface area contributed by atoms with Crippen molar-refractivity contribution in [2.45, 2.75) is 0 Å². The number of hydrogen-bond acceptors (Lipinski definition) is 2. The van der Waals surface area contributed by atoms with Crippen molar-refractivity contribution in [1.82, 2.24) is 0 Å². The van der Waals surface area contributed by atoms with Crippen molar-refractivity contribution in [3.8, 4) is 6.07 Å². The van der Waals surface area contributed by atoms with Crippen molar-refractivity contribution in [2.24, 2.45) is 0 Å². The van der Waals surface area contributed by atoms with Crippen molar-refractivity contribution in [1.29, 1.82) is 5.26 Å². The van der Waals surface area contributed by atoms with Crippen LogP contribution in [0.25, 0.3) is 0 Å². The maximum absolute atomic E-state index is 13.0. The maximum Gasteiger partial charge on any atom is 0.180 e. The van der Waals surface area contributed by atoms with Gasteiger partial charge in [-0.1, -0.05) is 0 Å². The highest BCUT2D eigenvalue weighted by molar-refractivity contribution is 6.30. The topological polar surface area (TPSA) is 40.9 Å². The molecule has 0 radical (unpaired) electrons. The quantitative estimate of drug-likeness (QED) is 0.561. The van der Waals surface area contributed by atoms with Gasteiger partial charge in [-0.25, -0.2) is 8.78 Å². The van der Waals surface area contributed by atoms with E-state index in [0.29, 0.717) is 6.07 Å². The number of halogens is 3. The van der Waals surface area contributed by atoms with Crippen molar-refractivity contribution >= 4 is 17.4 Å². The van der Waals surface area contributed by atoms with Gasteiger partial charge in [0.05, 0.1) is 17.0 Å². The van der Waals surface area contributed by atoms with Crippen LogP contribution < -0.4 is 0 Å². The maximum atomic E-state index is 13.0. The van der Waals surface area contributed by atoms with E-state index in [4.69, 9.17) is 16.9 Å². The van der Waals surface area contributed by atoms with Crippen LogP contribution in [-0.4, -0.2) is 11.7 Å². The molecule has 0 spiro atoms. The molecule has 1 aromatic rings. The summed E-state index contributed by atoms with van der Waals surface area (Å²) in [5.74, 6) is -3.09. The second kappa shape index (κ2) is 4.16. The third-order valence-electron chi connectivity index (χ3n) is 1.60. The average molecular weight is 216 g/mol. The Bertz CT molecular complexity index is 426. The summed E-state index contributed by atoms with van der Waals surface area (Å²) < 4.78 is 25.8. The molecule has 0 aliphatic carbocycles. The van der Waals surface area contributed by atoms with E-state index in [2.05, 4.69) is 0 Å². The first-order valence-corrected chi connectivity index (χ1v) is 4.12. The lowest BCUT2D eigenvalue weighted by Crippen LogP contribution is -2.05. The van der Waals surface area contributed by atoms with Crippen molar-refractivity contribution in [3.05, 3.63) is 34.9 Å². The summed E-state index contributed by atoms with van der Waals surface area (Å²) in [5, 5.41) is 8.43. The number of hydrogen-bond donors (Lipinski definition) is 0. The smallest absolute Gasteiger partial charge is 0.180 e. The molecule has 0 saturated carbocycles. The summed E-state index contributed by atoms with van der Waals surface area (Å²) in [4.78, 5) is 11.0. The minimum atomic E-state index is -1.01. The van der Waals surface area contributed by atoms with Crippen LogP contribution >= 0.6 is 11.6 Å². The first kappa shape index (κ1) is 10.6. The van der Waals surface area contributed by atoms with Gasteiger partial charge in [-0.15, -0.1) is 11.6 Å². The van der Waals surface area contributed by atoms with Gasteiger partial charge in [-0.3, -0.25) is 4.79 Å². The molecular formula is C9H4ClF2NO. The number of ketones is 1. The Labute approximate surface area is 83.7 Å². The number of nitriles is 1. The second-order valence-corrected chi connectivity index (χ2v) is 2.75. The number of nitrogens with zero attached hydrogens (tertiary/aromatic N) is 1. The summed E-state index contributed by atoms with van der Waals surface area (Å²) in [5.41, 5.74) is -0.738. The summed E-state index contributed by atoms with van der Waals surface area (Å²) >= 11 is 5.20. The fourth-order valence-corrected chi connectivity index (χ4v) is 1.06. The van der Waals surface area contributed by atoms with Gasteiger partial charge < -0.3 is 0 Å². The third-order valence-corrected chi connectivity index (χ3v) is 1.84. The minimum absolute atomic E-state index is 0.363. The molecule has 1 aromatic carbocycles. The van der Waals surface area contributed by atoms with E-state index in [1.54, 1.807) is 0 Å². The molecule has 5 heteroatoms. The molecular weight excluding hydrogens is 212 g/mol. The molecule has 0 saturated heterocycles. The lowest BCUT2D eigenvalue weighted by molar-refractivity contribution is 0.101. The number of alkyl halides is 1. The van der Waals surface area contributed by atoms with E-state index in [9.17, 15) is 13.6 Å². The van der Waals surface area contributed by atoms with Gasteiger partial charge in [0.15, 0.2) is 5.78 Å². The van der Waals surface area contributed by atoms with Crippen LogP contribution in [0.2, 0.25) is 0 Å². The number of carbonyl (C=O) groups excluding carboxylic acids is 1. The predicted molar refractivity (Wildman–Crippen MR) is 46.1 cm³/mol. The molecule has 1 rings (SSSR count). The van der Waals surface area contributed by atoms with E-state index in [1.807, 2.05) is 0 Å². The highest BCUT2D eigenvalue weighted by atomic mass is 35.5. The molecule has 0 aliphatic rings. The summed E-state index contributed by atoms with van der Waals surface area (Å²) in [6.45, 7) is 0. The molecule has 0 heterocycles. The van der Waals surface area contributed by atoms with Crippen LogP contribution in [0.15, 0.2) is 12.1 Å². The zero-order chi connectivity index (χ0) is 10.7. The molecule has 0 atom stereocenters. The van der Waals surface area contributed by atoms with Gasteiger partial charge in [-0.05, 0) is 6.07 Å². The number of rotatable bonds is 2. The van der Waals surface area contributed by atoms with Crippen LogP contribution in [0, 0.1) is 23.0 Å². The van der Waals surface area contributed by atoms with Gasteiger partial charge in [0.1, 0.15) is 17.7 Å². The van der Waals surface area contributed by atoms with Crippen molar-refractivity contribution in [2.75, 3.05) is 5.88 Å². The van der Waals surface area contributed by atoms with E-state index in [0.717, 1.165) is 6.07 Å². The molecule has 0 aromatic heterocycles. The molecule has 0 N–H and O–H groups in total. The lowest BCUT2D eigenvalue weighted by atomic mass is 10.1.